The van der Waals surface area contributed by atoms with Crippen molar-refractivity contribution in [1.82, 2.24) is 15.5 Å². The number of hydrogen-bond acceptors (Lipinski definition) is 2. The number of benzene rings is 1. The maximum atomic E-state index is 11.5. The Balaban J connectivity index is 0.00000361. The van der Waals surface area contributed by atoms with Gasteiger partial charge in [-0.05, 0) is 24.1 Å². The van der Waals surface area contributed by atoms with Crippen LogP contribution < -0.4 is 10.6 Å². The monoisotopic (exact) mass is 390 g/mol. The Morgan fingerprint density at radius 2 is 2.05 bits per heavy atom. The zero-order valence-corrected chi connectivity index (χ0v) is 14.8. The number of aliphatic imine (C=N–C) groups is 1. The first-order valence-electron chi connectivity index (χ1n) is 6.27. The second kappa shape index (κ2) is 9.57. The number of rotatable bonds is 4. The molecule has 1 aromatic rings. The molecular weight excluding hydrogens is 367 g/mol. The Morgan fingerprint density at radius 3 is 2.60 bits per heavy atom. The molecule has 2 N–H and O–H groups in total. The molecule has 0 fully saturated rings. The van der Waals surface area contributed by atoms with Crippen LogP contribution in [-0.2, 0) is 6.42 Å². The number of halogens is 1. The quantitative estimate of drug-likeness (QED) is 0.464. The van der Waals surface area contributed by atoms with E-state index < -0.39 is 0 Å². The summed E-state index contributed by atoms with van der Waals surface area (Å²) in [6.45, 7) is 0.780. The van der Waals surface area contributed by atoms with Gasteiger partial charge in [-0.25, -0.2) is 0 Å². The van der Waals surface area contributed by atoms with Crippen LogP contribution in [0.3, 0.4) is 0 Å². The molecule has 0 aliphatic carbocycles. The van der Waals surface area contributed by atoms with Gasteiger partial charge < -0.3 is 15.5 Å². The molecule has 0 saturated carbocycles. The zero-order valence-electron chi connectivity index (χ0n) is 12.4. The summed E-state index contributed by atoms with van der Waals surface area (Å²) in [6.07, 6.45) is 0.845. The average molecular weight is 390 g/mol. The summed E-state index contributed by atoms with van der Waals surface area (Å²) < 4.78 is 0. The molecule has 1 aromatic carbocycles. The topological polar surface area (TPSA) is 56.7 Å². The van der Waals surface area contributed by atoms with Crippen molar-refractivity contribution < 1.29 is 4.79 Å². The number of carbonyl (C=O) groups is 1. The minimum Gasteiger partial charge on any atom is -0.356 e. The number of carbonyl (C=O) groups excluding carboxylic acids is 1. The first kappa shape index (κ1) is 18.7. The molecule has 0 aliphatic rings. The van der Waals surface area contributed by atoms with Crippen molar-refractivity contribution in [1.29, 1.82) is 0 Å². The van der Waals surface area contributed by atoms with E-state index in [1.165, 1.54) is 0 Å². The minimum atomic E-state index is -0.0566. The molecule has 5 nitrogen and oxygen atoms in total. The Labute approximate surface area is 137 Å². The Kier molecular flexibility index (Phi) is 8.94. The summed E-state index contributed by atoms with van der Waals surface area (Å²) in [6, 6.07) is 7.65. The van der Waals surface area contributed by atoms with Crippen LogP contribution in [0.15, 0.2) is 29.3 Å². The molecule has 0 radical (unpaired) electrons. The van der Waals surface area contributed by atoms with Gasteiger partial charge in [-0.2, -0.15) is 0 Å². The molecule has 0 aromatic heterocycles. The molecule has 0 bridgehead atoms. The molecular formula is C14H23IN4O. The lowest BCUT2D eigenvalue weighted by Crippen LogP contribution is -2.37. The molecule has 0 aliphatic heterocycles. The summed E-state index contributed by atoms with van der Waals surface area (Å²) >= 11 is 0. The third-order valence-corrected chi connectivity index (χ3v) is 2.75. The van der Waals surface area contributed by atoms with Gasteiger partial charge in [0.15, 0.2) is 5.96 Å². The van der Waals surface area contributed by atoms with E-state index in [2.05, 4.69) is 15.6 Å². The van der Waals surface area contributed by atoms with E-state index in [1.54, 1.807) is 14.1 Å². The van der Waals surface area contributed by atoms with Gasteiger partial charge >= 0.3 is 0 Å². The summed E-state index contributed by atoms with van der Waals surface area (Å²) in [5.41, 5.74) is 1.82. The van der Waals surface area contributed by atoms with Crippen molar-refractivity contribution in [3.8, 4) is 0 Å². The van der Waals surface area contributed by atoms with Gasteiger partial charge in [0.2, 0.25) is 0 Å². The third kappa shape index (κ3) is 5.77. The van der Waals surface area contributed by atoms with Crippen LogP contribution in [0.5, 0.6) is 0 Å². The summed E-state index contributed by atoms with van der Waals surface area (Å²) in [5.74, 6) is 0.793. The van der Waals surface area contributed by atoms with Crippen LogP contribution in [0.25, 0.3) is 0 Å². The zero-order chi connectivity index (χ0) is 14.3. The highest BCUT2D eigenvalue weighted by Gasteiger charge is 2.04. The number of hydrogen-bond donors (Lipinski definition) is 2. The first-order valence-corrected chi connectivity index (χ1v) is 6.27. The van der Waals surface area contributed by atoms with Crippen molar-refractivity contribution in [3.05, 3.63) is 35.4 Å². The van der Waals surface area contributed by atoms with Gasteiger partial charge in [0.05, 0.1) is 0 Å². The molecule has 0 unspecified atom stereocenters. The molecule has 0 spiro atoms. The maximum Gasteiger partial charge on any atom is 0.251 e. The largest absolute Gasteiger partial charge is 0.356 e. The Bertz CT molecular complexity index is 460. The predicted molar refractivity (Wildman–Crippen MR) is 94.0 cm³/mol. The molecule has 1 amide bonds. The highest BCUT2D eigenvalue weighted by Crippen LogP contribution is 2.05. The van der Waals surface area contributed by atoms with Crippen LogP contribution >= 0.6 is 24.0 Å². The molecule has 1 rings (SSSR count). The fourth-order valence-electron chi connectivity index (χ4n) is 1.77. The lowest BCUT2D eigenvalue weighted by atomic mass is 10.1. The second-order valence-corrected chi connectivity index (χ2v) is 4.40. The smallest absolute Gasteiger partial charge is 0.251 e. The van der Waals surface area contributed by atoms with E-state index in [4.69, 9.17) is 0 Å². The van der Waals surface area contributed by atoms with Gasteiger partial charge in [0.1, 0.15) is 0 Å². The van der Waals surface area contributed by atoms with E-state index in [0.717, 1.165) is 24.5 Å². The van der Waals surface area contributed by atoms with Gasteiger partial charge in [-0.3, -0.25) is 9.79 Å². The number of nitrogens with one attached hydrogen (secondary N) is 2. The second-order valence-electron chi connectivity index (χ2n) is 4.40. The molecule has 20 heavy (non-hydrogen) atoms. The van der Waals surface area contributed by atoms with E-state index in [-0.39, 0.29) is 29.9 Å². The lowest BCUT2D eigenvalue weighted by Gasteiger charge is -2.16. The molecule has 0 heterocycles. The number of nitrogens with zero attached hydrogens (tertiary/aromatic N) is 2. The number of amides is 1. The minimum absolute atomic E-state index is 0. The van der Waals surface area contributed by atoms with E-state index in [9.17, 15) is 4.79 Å². The SMILES string of the molecule is CN=C(NCCc1cccc(C(=O)NC)c1)N(C)C.I. The fourth-order valence-corrected chi connectivity index (χ4v) is 1.77. The Morgan fingerprint density at radius 1 is 1.35 bits per heavy atom. The van der Waals surface area contributed by atoms with Gasteiger partial charge in [0, 0.05) is 40.3 Å². The Hall–Kier alpha value is -1.31. The van der Waals surface area contributed by atoms with Crippen molar-refractivity contribution in [2.75, 3.05) is 34.7 Å². The van der Waals surface area contributed by atoms with Crippen molar-refractivity contribution in [2.24, 2.45) is 4.99 Å². The van der Waals surface area contributed by atoms with Gasteiger partial charge in [-0.1, -0.05) is 12.1 Å². The van der Waals surface area contributed by atoms with E-state index >= 15 is 0 Å². The lowest BCUT2D eigenvalue weighted by molar-refractivity contribution is 0.0963. The van der Waals surface area contributed by atoms with Crippen molar-refractivity contribution >= 4 is 35.8 Å². The standard InChI is InChI=1S/C14H22N4O.HI/c1-15-13(19)12-7-5-6-11(10-12)8-9-17-14(16-2)18(3)4;/h5-7,10H,8-9H2,1-4H3,(H,15,19)(H,16,17);1H. The highest BCUT2D eigenvalue weighted by molar-refractivity contribution is 14.0. The fraction of sp³-hybridized carbons (Fsp3) is 0.429. The number of guanidine groups is 1. The van der Waals surface area contributed by atoms with E-state index in [0.29, 0.717) is 5.56 Å². The molecule has 6 heteroatoms. The van der Waals surface area contributed by atoms with E-state index in [1.807, 2.05) is 43.3 Å². The summed E-state index contributed by atoms with van der Waals surface area (Å²) in [5, 5.41) is 5.88. The van der Waals surface area contributed by atoms with Gasteiger partial charge in [-0.15, -0.1) is 24.0 Å². The molecule has 0 atom stereocenters. The predicted octanol–water partition coefficient (Wildman–Crippen LogP) is 1.34. The maximum absolute atomic E-state index is 11.5. The normalized spacial score (nSPS) is 10.5. The molecule has 0 saturated heterocycles. The van der Waals surface area contributed by atoms with Crippen molar-refractivity contribution in [2.45, 2.75) is 6.42 Å². The highest BCUT2D eigenvalue weighted by atomic mass is 127. The summed E-state index contributed by atoms with van der Waals surface area (Å²) in [7, 11) is 7.29. The first-order chi connectivity index (χ1) is 9.08. The van der Waals surface area contributed by atoms with Gasteiger partial charge in [0.25, 0.3) is 5.91 Å². The summed E-state index contributed by atoms with van der Waals surface area (Å²) in [4.78, 5) is 17.6. The third-order valence-electron chi connectivity index (χ3n) is 2.75. The van der Waals surface area contributed by atoms with Crippen LogP contribution in [0, 0.1) is 0 Å². The van der Waals surface area contributed by atoms with Crippen molar-refractivity contribution in [3.63, 3.8) is 0 Å². The van der Waals surface area contributed by atoms with Crippen LogP contribution in [-0.4, -0.2) is 51.5 Å². The van der Waals surface area contributed by atoms with Crippen LogP contribution in [0.1, 0.15) is 15.9 Å². The van der Waals surface area contributed by atoms with Crippen LogP contribution in [0.4, 0.5) is 0 Å². The van der Waals surface area contributed by atoms with Crippen LogP contribution in [0.2, 0.25) is 0 Å². The molecule has 112 valence electrons. The average Bonchev–Trinajstić information content (AvgIpc) is 2.42.